The summed E-state index contributed by atoms with van der Waals surface area (Å²) in [5, 5.41) is 10.3. The van der Waals surface area contributed by atoms with Crippen molar-refractivity contribution >= 4 is 68.3 Å². The number of benzene rings is 4. The zero-order valence-corrected chi connectivity index (χ0v) is 29.0. The number of para-hydroxylation sites is 1. The van der Waals surface area contributed by atoms with E-state index in [1.54, 1.807) is 67.5 Å². The van der Waals surface area contributed by atoms with Gasteiger partial charge in [-0.2, -0.15) is 4.31 Å². The van der Waals surface area contributed by atoms with Crippen molar-refractivity contribution in [2.75, 3.05) is 31.6 Å². The molecule has 0 spiro atoms. The lowest BCUT2D eigenvalue weighted by Gasteiger charge is -2.40. The molecule has 14 heteroatoms. The molecule has 0 aromatic heterocycles. The highest BCUT2D eigenvalue weighted by atomic mass is 35.5. The molecule has 2 aliphatic heterocycles. The molecule has 1 unspecified atom stereocenters. The quantitative estimate of drug-likeness (QED) is 0.207. The zero-order chi connectivity index (χ0) is 34.3. The van der Waals surface area contributed by atoms with Gasteiger partial charge in [0, 0.05) is 48.4 Å². The minimum atomic E-state index is -4.19. The van der Waals surface area contributed by atoms with Gasteiger partial charge in [-0.3, -0.25) is 4.90 Å². The van der Waals surface area contributed by atoms with E-state index in [0.29, 0.717) is 27.5 Å². The Bertz CT molecular complexity index is 1990. The Labute approximate surface area is 293 Å². The molecule has 250 valence electrons. The molecule has 1 saturated heterocycles. The second-order valence-electron chi connectivity index (χ2n) is 11.5. The third-order valence-corrected chi connectivity index (χ3v) is 11.4. The minimum Gasteiger partial charge on any atom is -0.497 e. The number of methoxy groups -OCH3 is 1. The lowest BCUT2D eigenvalue weighted by Crippen LogP contribution is -2.55. The normalized spacial score (nSPS) is 17.0. The van der Waals surface area contributed by atoms with E-state index in [1.807, 2.05) is 24.3 Å². The molecule has 0 bridgehead atoms. The topological polar surface area (TPSA) is 111 Å². The average Bonchev–Trinajstić information content (AvgIpc) is 3.06. The van der Waals surface area contributed by atoms with E-state index in [2.05, 4.69) is 0 Å². The maximum atomic E-state index is 14.5. The number of hydrogen-bond acceptors (Lipinski definition) is 5. The smallest absolute Gasteiger partial charge is 0.407 e. The third-order valence-electron chi connectivity index (χ3n) is 8.58. The molecule has 2 aliphatic rings. The molecule has 1 atom stereocenters. The summed E-state index contributed by atoms with van der Waals surface area (Å²) in [6, 6.07) is 21.3. The molecule has 1 fully saturated rings. The number of carbonyl (C=O) groups excluding carboxylic acids is 1. The highest BCUT2D eigenvalue weighted by Gasteiger charge is 2.39. The van der Waals surface area contributed by atoms with Crippen molar-refractivity contribution in [3.63, 3.8) is 0 Å². The van der Waals surface area contributed by atoms with Crippen LogP contribution < -0.4 is 9.64 Å². The van der Waals surface area contributed by atoms with E-state index in [1.165, 1.54) is 20.2 Å². The van der Waals surface area contributed by atoms with Gasteiger partial charge in [0.05, 0.1) is 40.0 Å². The maximum Gasteiger partial charge on any atom is 0.407 e. The summed E-state index contributed by atoms with van der Waals surface area (Å²) in [6.07, 6.45) is -1.11. The van der Waals surface area contributed by atoms with Gasteiger partial charge in [0.25, 0.3) is 0 Å². The monoisotopic (exact) mass is 728 g/mol. The molecule has 4 aromatic rings. The van der Waals surface area contributed by atoms with Gasteiger partial charge in [0.2, 0.25) is 10.0 Å². The molecular weight excluding hydrogens is 699 g/mol. The predicted octanol–water partition coefficient (Wildman–Crippen LogP) is 7.97. The molecule has 4 aromatic carbocycles. The molecule has 48 heavy (non-hydrogen) atoms. The van der Waals surface area contributed by atoms with Crippen molar-refractivity contribution in [2.45, 2.75) is 31.0 Å². The van der Waals surface area contributed by atoms with Crippen molar-refractivity contribution < 1.29 is 27.9 Å². The molecule has 10 nitrogen and oxygen atoms in total. The van der Waals surface area contributed by atoms with E-state index in [-0.39, 0.29) is 59.0 Å². The van der Waals surface area contributed by atoms with Gasteiger partial charge in [-0.1, -0.05) is 71.2 Å². The van der Waals surface area contributed by atoms with E-state index < -0.39 is 28.2 Å². The number of piperazine rings is 1. The Hall–Kier alpha value is -4.00. The first-order valence-corrected chi connectivity index (χ1v) is 17.6. The predicted molar refractivity (Wildman–Crippen MR) is 186 cm³/mol. The Morgan fingerprint density at radius 1 is 0.917 bits per heavy atom. The number of anilines is 2. The number of nitrogens with zero attached hydrogens (tertiary/aromatic N) is 4. The van der Waals surface area contributed by atoms with Crippen LogP contribution in [0.3, 0.4) is 0 Å². The van der Waals surface area contributed by atoms with Gasteiger partial charge in [0.1, 0.15) is 5.75 Å². The summed E-state index contributed by atoms with van der Waals surface area (Å²) < 4.78 is 35.2. The molecule has 0 radical (unpaired) electrons. The van der Waals surface area contributed by atoms with Crippen molar-refractivity contribution in [3.05, 3.63) is 105 Å². The number of amides is 3. The largest absolute Gasteiger partial charge is 0.497 e. The molecule has 6 rings (SSSR count). The molecule has 0 saturated carbocycles. The maximum absolute atomic E-state index is 14.5. The molecular formula is C34H31Cl3N4O6S. The number of fused-ring (bicyclic) bond motifs is 1. The van der Waals surface area contributed by atoms with Crippen LogP contribution >= 0.6 is 34.8 Å². The number of halogens is 3. The van der Waals surface area contributed by atoms with Crippen LogP contribution in [0.15, 0.2) is 83.8 Å². The summed E-state index contributed by atoms with van der Waals surface area (Å²) in [6.45, 7) is 1.93. The third kappa shape index (κ3) is 6.28. The number of carboxylic acid groups (broad SMARTS) is 1. The number of hydrogen-bond donors (Lipinski definition) is 1. The van der Waals surface area contributed by atoms with Crippen LogP contribution in [0.25, 0.3) is 11.1 Å². The molecule has 3 amide bonds. The van der Waals surface area contributed by atoms with Gasteiger partial charge in [-0.05, 0) is 60.5 Å². The number of rotatable bonds is 7. The van der Waals surface area contributed by atoms with Gasteiger partial charge < -0.3 is 19.6 Å². The zero-order valence-electron chi connectivity index (χ0n) is 25.9. The molecule has 0 aliphatic carbocycles. The first kappa shape index (κ1) is 33.9. The fourth-order valence-electron chi connectivity index (χ4n) is 6.14. The summed E-state index contributed by atoms with van der Waals surface area (Å²) in [7, 11) is -2.62. The highest BCUT2D eigenvalue weighted by molar-refractivity contribution is 7.89. The number of urea groups is 1. The summed E-state index contributed by atoms with van der Waals surface area (Å²) in [5.41, 5.74) is 3.04. The summed E-state index contributed by atoms with van der Waals surface area (Å²) >= 11 is 20.2. The van der Waals surface area contributed by atoms with Gasteiger partial charge in [0.15, 0.2) is 0 Å². The number of carbonyl (C=O) groups is 2. The Balaban J connectivity index is 1.56. The van der Waals surface area contributed by atoms with E-state index in [9.17, 15) is 23.1 Å². The van der Waals surface area contributed by atoms with E-state index in [0.717, 1.165) is 5.56 Å². The standard InChI is InChI=1S/C34H31Cl3N4O6S/c1-21-18-39(14-15-40(21)34(43)44)48(45,46)24-16-26(25-6-3-4-7-28(25)35)27-20-38(19-22-10-12-23(47-2)13-11-22)33(42)41(31(27)17-24)32-29(36)8-5-9-30(32)37/h3-13,16-17,21H,14-15,18-20H2,1-2H3,(H,43,44). The lowest BCUT2D eigenvalue weighted by atomic mass is 9.95. The van der Waals surface area contributed by atoms with Crippen LogP contribution in [0, 0.1) is 0 Å². The van der Waals surface area contributed by atoms with Crippen LogP contribution in [0.5, 0.6) is 5.75 Å². The Morgan fingerprint density at radius 2 is 1.58 bits per heavy atom. The second kappa shape index (κ2) is 13.5. The van der Waals surface area contributed by atoms with Crippen LogP contribution in [-0.4, -0.2) is 72.5 Å². The first-order valence-electron chi connectivity index (χ1n) is 15.0. The van der Waals surface area contributed by atoms with E-state index in [4.69, 9.17) is 39.5 Å². The van der Waals surface area contributed by atoms with Crippen molar-refractivity contribution in [1.82, 2.24) is 14.1 Å². The number of ether oxygens (including phenoxy) is 1. The van der Waals surface area contributed by atoms with Gasteiger partial charge >= 0.3 is 12.1 Å². The fraction of sp³-hybridized carbons (Fsp3) is 0.235. The molecule has 1 N–H and O–H groups in total. The van der Waals surface area contributed by atoms with Crippen molar-refractivity contribution in [2.24, 2.45) is 0 Å². The summed E-state index contributed by atoms with van der Waals surface area (Å²) in [4.78, 5) is 30.3. The summed E-state index contributed by atoms with van der Waals surface area (Å²) in [5.74, 6) is 0.673. The second-order valence-corrected chi connectivity index (χ2v) is 14.7. The Morgan fingerprint density at radius 3 is 2.21 bits per heavy atom. The number of sulfonamides is 1. The van der Waals surface area contributed by atoms with Crippen LogP contribution in [0.1, 0.15) is 18.1 Å². The van der Waals surface area contributed by atoms with Gasteiger partial charge in [-0.25, -0.2) is 18.0 Å². The van der Waals surface area contributed by atoms with Crippen LogP contribution in [0.2, 0.25) is 15.1 Å². The minimum absolute atomic E-state index is 0.0121. The highest BCUT2D eigenvalue weighted by Crippen LogP contribution is 2.47. The van der Waals surface area contributed by atoms with Crippen molar-refractivity contribution in [3.8, 4) is 16.9 Å². The average molecular weight is 730 g/mol. The van der Waals surface area contributed by atoms with Gasteiger partial charge in [-0.15, -0.1) is 0 Å². The Kier molecular flexibility index (Phi) is 9.52. The van der Waals surface area contributed by atoms with Crippen LogP contribution in [0.4, 0.5) is 21.0 Å². The van der Waals surface area contributed by atoms with Crippen LogP contribution in [-0.2, 0) is 23.1 Å². The fourth-order valence-corrected chi connectivity index (χ4v) is 8.50. The van der Waals surface area contributed by atoms with E-state index >= 15 is 0 Å². The lowest BCUT2D eigenvalue weighted by molar-refractivity contribution is 0.0992. The SMILES string of the molecule is COc1ccc(CN2Cc3c(-c4ccccc4Cl)cc(S(=O)(=O)N4CCN(C(=O)O)C(C)C4)cc3N(c3c(Cl)cccc3Cl)C2=O)cc1. The molecule has 2 heterocycles. The van der Waals surface area contributed by atoms with Crippen molar-refractivity contribution in [1.29, 1.82) is 0 Å². The first-order chi connectivity index (χ1) is 22.9.